The van der Waals surface area contributed by atoms with Gasteiger partial charge in [-0.1, -0.05) is 18.2 Å². The van der Waals surface area contributed by atoms with Gasteiger partial charge in [0.25, 0.3) is 5.91 Å². The highest BCUT2D eigenvalue weighted by Gasteiger charge is 2.24. The maximum absolute atomic E-state index is 13.9. The Bertz CT molecular complexity index is 857. The molecule has 0 aromatic heterocycles. The summed E-state index contributed by atoms with van der Waals surface area (Å²) < 4.78 is 13.9. The molecule has 0 saturated carbocycles. The van der Waals surface area contributed by atoms with Crippen molar-refractivity contribution in [3.05, 3.63) is 58.9 Å². The summed E-state index contributed by atoms with van der Waals surface area (Å²) in [6, 6.07) is 9.46. The summed E-state index contributed by atoms with van der Waals surface area (Å²) in [4.78, 5) is 24.9. The summed E-state index contributed by atoms with van der Waals surface area (Å²) in [7, 11) is 1.56. The van der Waals surface area contributed by atoms with Crippen LogP contribution in [0.4, 0.5) is 14.9 Å². The summed E-state index contributed by atoms with van der Waals surface area (Å²) in [5.74, 6) is 0.276. The third-order valence-electron chi connectivity index (χ3n) is 4.38. The Hall–Kier alpha value is -2.54. The van der Waals surface area contributed by atoms with E-state index in [2.05, 4.69) is 16.0 Å². The Morgan fingerprint density at radius 2 is 1.96 bits per heavy atom. The second-order valence-corrected chi connectivity index (χ2v) is 7.11. The van der Waals surface area contributed by atoms with Gasteiger partial charge in [0.05, 0.1) is 6.04 Å². The summed E-state index contributed by atoms with van der Waals surface area (Å²) in [5, 5.41) is 8.28. The lowest BCUT2D eigenvalue weighted by atomic mass is 10.0. The first-order valence-corrected chi connectivity index (χ1v) is 9.30. The van der Waals surface area contributed by atoms with Crippen molar-refractivity contribution >= 4 is 29.4 Å². The molecule has 1 atom stereocenters. The molecule has 26 heavy (non-hydrogen) atoms. The van der Waals surface area contributed by atoms with Crippen LogP contribution in [0, 0.1) is 12.7 Å². The summed E-state index contributed by atoms with van der Waals surface area (Å²) in [6.07, 6.45) is 0.728. The van der Waals surface area contributed by atoms with E-state index < -0.39 is 0 Å². The van der Waals surface area contributed by atoms with Gasteiger partial charge in [-0.25, -0.2) is 9.18 Å². The Morgan fingerprint density at radius 3 is 2.73 bits per heavy atom. The Kier molecular flexibility index (Phi) is 5.46. The van der Waals surface area contributed by atoms with Crippen molar-refractivity contribution in [3.8, 4) is 0 Å². The number of nitrogens with one attached hydrogen (secondary N) is 3. The molecular weight excluding hydrogens is 353 g/mol. The highest BCUT2D eigenvalue weighted by atomic mass is 32.2. The van der Waals surface area contributed by atoms with E-state index in [4.69, 9.17) is 0 Å². The van der Waals surface area contributed by atoms with Crippen LogP contribution in [0.25, 0.3) is 0 Å². The standard InChI is InChI=1S/C19H20FN3O2S/c1-11-12(18(24)21-2)5-4-8-15(11)22-19(25)23-16-9-10-26-17-13(16)6-3-7-14(17)20/h3-8,16H,9-10H2,1-2H3,(H,21,24)(H2,22,23,25). The van der Waals surface area contributed by atoms with Crippen molar-refractivity contribution in [3.63, 3.8) is 0 Å². The fraction of sp³-hybridized carbons (Fsp3) is 0.263. The number of amides is 3. The van der Waals surface area contributed by atoms with E-state index in [0.717, 1.165) is 17.7 Å². The number of halogens is 1. The normalized spacial score (nSPS) is 15.7. The first-order chi connectivity index (χ1) is 12.5. The highest BCUT2D eigenvalue weighted by molar-refractivity contribution is 7.99. The number of hydrogen-bond donors (Lipinski definition) is 3. The van der Waals surface area contributed by atoms with Gasteiger partial charge in [-0.3, -0.25) is 4.79 Å². The largest absolute Gasteiger partial charge is 0.355 e. The number of benzene rings is 2. The zero-order valence-corrected chi connectivity index (χ0v) is 15.4. The van der Waals surface area contributed by atoms with Crippen molar-refractivity contribution in [2.45, 2.75) is 24.3 Å². The number of thioether (sulfide) groups is 1. The second kappa shape index (κ2) is 7.78. The molecular formula is C19H20FN3O2S. The fourth-order valence-electron chi connectivity index (χ4n) is 3.00. The van der Waals surface area contributed by atoms with Gasteiger partial charge in [-0.2, -0.15) is 0 Å². The minimum absolute atomic E-state index is 0.208. The third kappa shape index (κ3) is 3.67. The average Bonchev–Trinajstić information content (AvgIpc) is 2.64. The van der Waals surface area contributed by atoms with Gasteiger partial charge in [0.15, 0.2) is 0 Å². The molecule has 5 nitrogen and oxygen atoms in total. The molecule has 0 saturated heterocycles. The van der Waals surface area contributed by atoms with Crippen LogP contribution in [0.1, 0.15) is 33.9 Å². The fourth-order valence-corrected chi connectivity index (χ4v) is 4.15. The van der Waals surface area contributed by atoms with E-state index in [1.807, 2.05) is 6.07 Å². The number of carbonyl (C=O) groups is 2. The summed E-state index contributed by atoms with van der Waals surface area (Å²) in [5.41, 5.74) is 2.56. The summed E-state index contributed by atoms with van der Waals surface area (Å²) in [6.45, 7) is 1.78. The first-order valence-electron chi connectivity index (χ1n) is 8.31. The maximum atomic E-state index is 13.9. The number of carbonyl (C=O) groups excluding carboxylic acids is 2. The van der Waals surface area contributed by atoms with Gasteiger partial charge >= 0.3 is 6.03 Å². The Balaban J connectivity index is 1.75. The van der Waals surface area contributed by atoms with Crippen molar-refractivity contribution in [2.24, 2.45) is 0 Å². The van der Waals surface area contributed by atoms with Crippen LogP contribution in [0.3, 0.4) is 0 Å². The zero-order chi connectivity index (χ0) is 18.7. The smallest absolute Gasteiger partial charge is 0.319 e. The van der Waals surface area contributed by atoms with Crippen molar-refractivity contribution in [1.82, 2.24) is 10.6 Å². The van der Waals surface area contributed by atoms with Crippen LogP contribution in [0.2, 0.25) is 0 Å². The molecule has 3 amide bonds. The van der Waals surface area contributed by atoms with Crippen LogP contribution in [0.15, 0.2) is 41.3 Å². The van der Waals surface area contributed by atoms with Gasteiger partial charge in [0, 0.05) is 28.9 Å². The van der Waals surface area contributed by atoms with Gasteiger partial charge in [-0.05, 0) is 42.7 Å². The summed E-state index contributed by atoms with van der Waals surface area (Å²) >= 11 is 1.47. The number of anilines is 1. The van der Waals surface area contributed by atoms with E-state index in [1.54, 1.807) is 38.2 Å². The molecule has 136 valence electrons. The molecule has 2 aromatic carbocycles. The van der Waals surface area contributed by atoms with Crippen LogP contribution in [-0.4, -0.2) is 24.7 Å². The van der Waals surface area contributed by atoms with Crippen molar-refractivity contribution in [2.75, 3.05) is 18.1 Å². The number of urea groups is 1. The van der Waals surface area contributed by atoms with Crippen molar-refractivity contribution < 1.29 is 14.0 Å². The maximum Gasteiger partial charge on any atom is 0.319 e. The van der Waals surface area contributed by atoms with Gasteiger partial charge in [-0.15, -0.1) is 11.8 Å². The molecule has 7 heteroatoms. The van der Waals surface area contributed by atoms with Gasteiger partial charge in [0.1, 0.15) is 5.82 Å². The molecule has 1 heterocycles. The molecule has 3 N–H and O–H groups in total. The number of hydrogen-bond acceptors (Lipinski definition) is 3. The lowest BCUT2D eigenvalue weighted by molar-refractivity contribution is 0.0962. The molecule has 1 unspecified atom stereocenters. The first kappa shape index (κ1) is 18.3. The van der Waals surface area contributed by atoms with Crippen LogP contribution in [-0.2, 0) is 0 Å². The quantitative estimate of drug-likeness (QED) is 0.765. The third-order valence-corrected chi connectivity index (χ3v) is 5.54. The van der Waals surface area contributed by atoms with Gasteiger partial charge in [0.2, 0.25) is 0 Å². The molecule has 0 radical (unpaired) electrons. The Labute approximate surface area is 155 Å². The molecule has 0 spiro atoms. The molecule has 0 bridgehead atoms. The Morgan fingerprint density at radius 1 is 1.19 bits per heavy atom. The molecule has 0 aliphatic carbocycles. The molecule has 0 fully saturated rings. The highest BCUT2D eigenvalue weighted by Crippen LogP contribution is 2.37. The molecule has 1 aliphatic heterocycles. The SMILES string of the molecule is CNC(=O)c1cccc(NC(=O)NC2CCSc3c(F)cccc32)c1C. The van der Waals surface area contributed by atoms with Crippen molar-refractivity contribution in [1.29, 1.82) is 0 Å². The predicted molar refractivity (Wildman–Crippen MR) is 101 cm³/mol. The predicted octanol–water partition coefficient (Wildman–Crippen LogP) is 3.85. The van der Waals surface area contributed by atoms with E-state index in [9.17, 15) is 14.0 Å². The average molecular weight is 373 g/mol. The molecule has 1 aliphatic rings. The molecule has 2 aromatic rings. The van der Waals surface area contributed by atoms with Crippen LogP contribution in [0.5, 0.6) is 0 Å². The van der Waals surface area contributed by atoms with E-state index in [1.165, 1.54) is 17.8 Å². The number of rotatable bonds is 3. The molecule has 3 rings (SSSR count). The second-order valence-electron chi connectivity index (χ2n) is 6.00. The lowest BCUT2D eigenvalue weighted by Crippen LogP contribution is -2.34. The van der Waals surface area contributed by atoms with E-state index >= 15 is 0 Å². The van der Waals surface area contributed by atoms with Crippen LogP contribution >= 0.6 is 11.8 Å². The minimum Gasteiger partial charge on any atom is -0.355 e. The van der Waals surface area contributed by atoms with E-state index in [-0.39, 0.29) is 23.8 Å². The number of fused-ring (bicyclic) bond motifs is 1. The monoisotopic (exact) mass is 373 g/mol. The van der Waals surface area contributed by atoms with Gasteiger partial charge < -0.3 is 16.0 Å². The van der Waals surface area contributed by atoms with E-state index in [0.29, 0.717) is 21.7 Å². The minimum atomic E-state index is -0.380. The topological polar surface area (TPSA) is 70.2 Å². The lowest BCUT2D eigenvalue weighted by Gasteiger charge is -2.26. The zero-order valence-electron chi connectivity index (χ0n) is 14.6. The van der Waals surface area contributed by atoms with Crippen LogP contribution < -0.4 is 16.0 Å².